The van der Waals surface area contributed by atoms with Crippen LogP contribution in [0.15, 0.2) is 24.5 Å². The Hall–Kier alpha value is -1.95. The number of pyridine rings is 1. The molecule has 1 saturated heterocycles. The molecule has 1 aromatic rings. The van der Waals surface area contributed by atoms with Gasteiger partial charge < -0.3 is 15.5 Å². The van der Waals surface area contributed by atoms with E-state index in [1.165, 1.54) is 0 Å². The van der Waals surface area contributed by atoms with Crippen molar-refractivity contribution in [1.82, 2.24) is 20.5 Å². The molecule has 2 amide bonds. The molecule has 1 atom stereocenters. The van der Waals surface area contributed by atoms with Gasteiger partial charge in [0.25, 0.3) is 0 Å². The van der Waals surface area contributed by atoms with Crippen LogP contribution >= 0.6 is 0 Å². The molecular weight excluding hydrogens is 292 g/mol. The number of rotatable bonds is 7. The van der Waals surface area contributed by atoms with Crippen LogP contribution < -0.4 is 10.6 Å². The van der Waals surface area contributed by atoms with Crippen LogP contribution in [-0.4, -0.2) is 47.9 Å². The van der Waals surface area contributed by atoms with E-state index >= 15 is 0 Å². The number of aromatic nitrogens is 1. The smallest absolute Gasteiger partial charge is 0.223 e. The van der Waals surface area contributed by atoms with Crippen molar-refractivity contribution in [1.29, 1.82) is 0 Å². The summed E-state index contributed by atoms with van der Waals surface area (Å²) in [6, 6.07) is 3.92. The lowest BCUT2D eigenvalue weighted by Gasteiger charge is -2.36. The number of amides is 2. The summed E-state index contributed by atoms with van der Waals surface area (Å²) >= 11 is 0. The van der Waals surface area contributed by atoms with Crippen LogP contribution in [0.4, 0.5) is 0 Å². The van der Waals surface area contributed by atoms with Crippen molar-refractivity contribution >= 4 is 11.8 Å². The van der Waals surface area contributed by atoms with Crippen molar-refractivity contribution in [3.05, 3.63) is 30.1 Å². The van der Waals surface area contributed by atoms with Crippen molar-refractivity contribution in [3.8, 4) is 0 Å². The summed E-state index contributed by atoms with van der Waals surface area (Å²) in [5.74, 6) is 0.146. The van der Waals surface area contributed by atoms with Gasteiger partial charge in [0.1, 0.15) is 0 Å². The Morgan fingerprint density at radius 2 is 2.30 bits per heavy atom. The average molecular weight is 318 g/mol. The molecule has 1 aliphatic heterocycles. The summed E-state index contributed by atoms with van der Waals surface area (Å²) in [5, 5.41) is 6.17. The summed E-state index contributed by atoms with van der Waals surface area (Å²) < 4.78 is 0. The third-order valence-electron chi connectivity index (χ3n) is 4.00. The van der Waals surface area contributed by atoms with Crippen molar-refractivity contribution in [2.45, 2.75) is 38.6 Å². The van der Waals surface area contributed by atoms with Gasteiger partial charge in [-0.15, -0.1) is 0 Å². The van der Waals surface area contributed by atoms with Gasteiger partial charge in [-0.05, 0) is 24.5 Å². The molecule has 2 heterocycles. The zero-order valence-corrected chi connectivity index (χ0v) is 13.8. The molecule has 126 valence electrons. The van der Waals surface area contributed by atoms with E-state index < -0.39 is 0 Å². The van der Waals surface area contributed by atoms with Crippen LogP contribution in [0.2, 0.25) is 0 Å². The third-order valence-corrected chi connectivity index (χ3v) is 4.00. The van der Waals surface area contributed by atoms with Gasteiger partial charge in [0, 0.05) is 51.4 Å². The quantitative estimate of drug-likeness (QED) is 0.793. The number of piperazine rings is 1. The molecule has 1 unspecified atom stereocenters. The minimum absolute atomic E-state index is 0.0267. The normalized spacial score (nSPS) is 17.8. The zero-order valence-electron chi connectivity index (χ0n) is 13.8. The van der Waals surface area contributed by atoms with Crippen molar-refractivity contribution in [2.24, 2.45) is 0 Å². The molecule has 1 fully saturated rings. The van der Waals surface area contributed by atoms with Gasteiger partial charge in [-0.3, -0.25) is 14.6 Å². The lowest BCUT2D eigenvalue weighted by Crippen LogP contribution is -2.48. The minimum atomic E-state index is 0.0267. The van der Waals surface area contributed by atoms with E-state index in [-0.39, 0.29) is 17.9 Å². The molecule has 1 aromatic heterocycles. The lowest BCUT2D eigenvalue weighted by molar-refractivity contribution is -0.134. The second-order valence-corrected chi connectivity index (χ2v) is 5.80. The van der Waals surface area contributed by atoms with Crippen LogP contribution in [0.5, 0.6) is 0 Å². The molecule has 0 bridgehead atoms. The molecule has 0 spiro atoms. The zero-order chi connectivity index (χ0) is 16.5. The maximum atomic E-state index is 12.5. The Morgan fingerprint density at radius 3 is 3.04 bits per heavy atom. The molecule has 0 aromatic carbocycles. The number of nitrogens with zero attached hydrogens (tertiary/aromatic N) is 2. The maximum Gasteiger partial charge on any atom is 0.223 e. The summed E-state index contributed by atoms with van der Waals surface area (Å²) in [7, 11) is 0. The first kappa shape index (κ1) is 17.4. The molecule has 0 aliphatic carbocycles. The fraction of sp³-hybridized carbons (Fsp3) is 0.588. The molecule has 0 radical (unpaired) electrons. The summed E-state index contributed by atoms with van der Waals surface area (Å²) in [6.45, 7) is 4.97. The van der Waals surface area contributed by atoms with Crippen molar-refractivity contribution in [3.63, 3.8) is 0 Å². The Labute approximate surface area is 137 Å². The van der Waals surface area contributed by atoms with E-state index in [0.717, 1.165) is 25.1 Å². The molecule has 6 nitrogen and oxygen atoms in total. The highest BCUT2D eigenvalue weighted by molar-refractivity contribution is 5.79. The summed E-state index contributed by atoms with van der Waals surface area (Å²) in [6.07, 6.45) is 5.90. The molecular formula is C17H26N4O2. The first-order valence-electron chi connectivity index (χ1n) is 8.39. The Kier molecular flexibility index (Phi) is 7.00. The first-order chi connectivity index (χ1) is 11.2. The SMILES string of the molecule is CCCNC(=O)CCCC(=O)N1CCNCC1c1cccnc1. The maximum absolute atomic E-state index is 12.5. The predicted molar refractivity (Wildman–Crippen MR) is 88.7 cm³/mol. The van der Waals surface area contributed by atoms with E-state index in [0.29, 0.717) is 32.4 Å². The van der Waals surface area contributed by atoms with E-state index in [4.69, 9.17) is 0 Å². The summed E-state index contributed by atoms with van der Waals surface area (Å²) in [4.78, 5) is 30.2. The van der Waals surface area contributed by atoms with Gasteiger partial charge >= 0.3 is 0 Å². The van der Waals surface area contributed by atoms with Gasteiger partial charge in [-0.25, -0.2) is 0 Å². The fourth-order valence-electron chi connectivity index (χ4n) is 2.77. The Bertz CT molecular complexity index is 507. The van der Waals surface area contributed by atoms with E-state index in [1.54, 1.807) is 6.20 Å². The van der Waals surface area contributed by atoms with Crippen LogP contribution in [0.25, 0.3) is 0 Å². The highest BCUT2D eigenvalue weighted by Gasteiger charge is 2.27. The Balaban J connectivity index is 1.85. The van der Waals surface area contributed by atoms with E-state index in [2.05, 4.69) is 15.6 Å². The van der Waals surface area contributed by atoms with Gasteiger partial charge in [0.05, 0.1) is 6.04 Å². The van der Waals surface area contributed by atoms with Gasteiger partial charge in [0.2, 0.25) is 11.8 Å². The second kappa shape index (κ2) is 9.25. The van der Waals surface area contributed by atoms with Crippen LogP contribution in [0.3, 0.4) is 0 Å². The number of carbonyl (C=O) groups excluding carboxylic acids is 2. The monoisotopic (exact) mass is 318 g/mol. The van der Waals surface area contributed by atoms with Crippen molar-refractivity contribution < 1.29 is 9.59 Å². The lowest BCUT2D eigenvalue weighted by atomic mass is 10.0. The topological polar surface area (TPSA) is 74.3 Å². The van der Waals surface area contributed by atoms with E-state index in [1.807, 2.05) is 30.2 Å². The molecule has 1 aliphatic rings. The fourth-order valence-corrected chi connectivity index (χ4v) is 2.77. The number of carbonyl (C=O) groups is 2. The highest BCUT2D eigenvalue weighted by Crippen LogP contribution is 2.22. The average Bonchev–Trinajstić information content (AvgIpc) is 2.60. The van der Waals surface area contributed by atoms with E-state index in [9.17, 15) is 9.59 Å². The largest absolute Gasteiger partial charge is 0.356 e. The van der Waals surface area contributed by atoms with Crippen LogP contribution in [0, 0.1) is 0 Å². The van der Waals surface area contributed by atoms with Gasteiger partial charge in [-0.2, -0.15) is 0 Å². The van der Waals surface area contributed by atoms with Crippen molar-refractivity contribution in [2.75, 3.05) is 26.2 Å². The molecule has 2 rings (SSSR count). The molecule has 6 heteroatoms. The Morgan fingerprint density at radius 1 is 1.43 bits per heavy atom. The van der Waals surface area contributed by atoms with Crippen LogP contribution in [0.1, 0.15) is 44.2 Å². The van der Waals surface area contributed by atoms with Gasteiger partial charge in [0.15, 0.2) is 0 Å². The molecule has 2 N–H and O–H groups in total. The standard InChI is InChI=1S/C17H26N4O2/c1-2-8-20-16(22)6-3-7-17(23)21-11-10-19-13-15(21)14-5-4-9-18-12-14/h4-5,9,12,15,19H,2-3,6-8,10-11,13H2,1H3,(H,20,22). The van der Waals surface area contributed by atoms with Gasteiger partial charge in [-0.1, -0.05) is 13.0 Å². The number of hydrogen-bond donors (Lipinski definition) is 2. The number of hydrogen-bond acceptors (Lipinski definition) is 4. The second-order valence-electron chi connectivity index (χ2n) is 5.80. The molecule has 23 heavy (non-hydrogen) atoms. The number of nitrogens with one attached hydrogen (secondary N) is 2. The van der Waals surface area contributed by atoms with Crippen LogP contribution in [-0.2, 0) is 9.59 Å². The predicted octanol–water partition coefficient (Wildman–Crippen LogP) is 1.25. The third kappa shape index (κ3) is 5.32. The first-order valence-corrected chi connectivity index (χ1v) is 8.39. The molecule has 0 saturated carbocycles. The summed E-state index contributed by atoms with van der Waals surface area (Å²) in [5.41, 5.74) is 1.05. The highest BCUT2D eigenvalue weighted by atomic mass is 16.2. The minimum Gasteiger partial charge on any atom is -0.356 e.